The molecule has 3 aromatic carbocycles. The molecule has 0 aliphatic carbocycles. The zero-order valence-electron chi connectivity index (χ0n) is 21.2. The summed E-state index contributed by atoms with van der Waals surface area (Å²) in [4.78, 5) is 63.0. The molecule has 0 radical (unpaired) electrons. The topological polar surface area (TPSA) is 131 Å². The number of carbonyl (C=O) groups excluding carboxylic acids is 3. The molecule has 0 bridgehead atoms. The summed E-state index contributed by atoms with van der Waals surface area (Å²) >= 11 is 0.770. The van der Waals surface area contributed by atoms with Gasteiger partial charge in [-0.25, -0.2) is 9.59 Å². The van der Waals surface area contributed by atoms with Gasteiger partial charge in [0.2, 0.25) is 5.91 Å². The highest BCUT2D eigenvalue weighted by Crippen LogP contribution is 2.32. The van der Waals surface area contributed by atoms with Gasteiger partial charge < -0.3 is 14.3 Å². The summed E-state index contributed by atoms with van der Waals surface area (Å²) in [6, 6.07) is 13.2. The van der Waals surface area contributed by atoms with Crippen molar-refractivity contribution in [2.24, 2.45) is 0 Å². The molecule has 5 rings (SSSR count). The predicted octanol–water partition coefficient (Wildman–Crippen LogP) is 5.54. The molecule has 214 valence electrons. The van der Waals surface area contributed by atoms with E-state index in [1.54, 1.807) is 0 Å². The van der Waals surface area contributed by atoms with Gasteiger partial charge in [0, 0.05) is 18.1 Å². The molecule has 1 N–H and O–H groups in total. The quantitative estimate of drug-likeness (QED) is 0.216. The highest BCUT2D eigenvalue weighted by atomic mass is 32.2. The number of nitrogens with zero attached hydrogens (tertiary/aromatic N) is 1. The van der Waals surface area contributed by atoms with E-state index in [4.69, 9.17) is 14.3 Å². The van der Waals surface area contributed by atoms with Gasteiger partial charge >= 0.3 is 18.1 Å². The van der Waals surface area contributed by atoms with Crippen molar-refractivity contribution in [1.82, 2.24) is 4.90 Å². The molecule has 2 amide bonds. The molecule has 1 aliphatic rings. The number of carboxylic acids is 1. The van der Waals surface area contributed by atoms with Gasteiger partial charge in [-0.05, 0) is 54.1 Å². The van der Waals surface area contributed by atoms with Crippen LogP contribution in [0.15, 0.2) is 82.2 Å². The second kappa shape index (κ2) is 11.2. The number of hydrogen-bond donors (Lipinski definition) is 1. The van der Waals surface area contributed by atoms with Crippen LogP contribution in [-0.4, -0.2) is 38.3 Å². The van der Waals surface area contributed by atoms with Gasteiger partial charge in [-0.1, -0.05) is 23.9 Å². The van der Waals surface area contributed by atoms with Gasteiger partial charge in [0.1, 0.15) is 11.3 Å². The van der Waals surface area contributed by atoms with Crippen LogP contribution < -0.4 is 10.2 Å². The number of halogens is 3. The van der Waals surface area contributed by atoms with Crippen LogP contribution in [0.25, 0.3) is 11.0 Å². The van der Waals surface area contributed by atoms with Crippen LogP contribution in [0.4, 0.5) is 18.0 Å². The number of carboxylic acid groups (broad SMARTS) is 1. The molecular formula is C29H18F3NO8S. The second-order valence-electron chi connectivity index (χ2n) is 9.22. The average molecular weight is 598 g/mol. The van der Waals surface area contributed by atoms with Crippen molar-refractivity contribution < 1.29 is 46.6 Å². The Hall–Kier alpha value is -4.91. The first kappa shape index (κ1) is 28.6. The molecule has 1 saturated heterocycles. The summed E-state index contributed by atoms with van der Waals surface area (Å²) in [6.45, 7) is -0.0542. The minimum absolute atomic E-state index is 0.0116. The summed E-state index contributed by atoms with van der Waals surface area (Å²) in [5.74, 6) is -2.53. The van der Waals surface area contributed by atoms with Crippen LogP contribution in [-0.2, 0) is 23.9 Å². The molecular weight excluding hydrogens is 579 g/mol. The number of esters is 1. The van der Waals surface area contributed by atoms with E-state index in [1.165, 1.54) is 42.5 Å². The van der Waals surface area contributed by atoms with E-state index in [-0.39, 0.29) is 46.4 Å². The lowest BCUT2D eigenvalue weighted by Crippen LogP contribution is -2.32. The number of aromatic carboxylic acids is 1. The van der Waals surface area contributed by atoms with E-state index in [0.717, 1.165) is 47.2 Å². The Balaban J connectivity index is 1.27. The third kappa shape index (κ3) is 5.91. The van der Waals surface area contributed by atoms with Crippen molar-refractivity contribution >= 4 is 45.8 Å². The van der Waals surface area contributed by atoms with Crippen LogP contribution in [0.1, 0.15) is 37.4 Å². The van der Waals surface area contributed by atoms with Crippen molar-refractivity contribution in [3.63, 3.8) is 0 Å². The Morgan fingerprint density at radius 3 is 2.26 bits per heavy atom. The third-order valence-electron chi connectivity index (χ3n) is 6.43. The predicted molar refractivity (Wildman–Crippen MR) is 143 cm³/mol. The number of rotatable bonds is 7. The first-order valence-corrected chi connectivity index (χ1v) is 13.1. The Kier molecular flexibility index (Phi) is 7.61. The number of imide groups is 1. The average Bonchev–Trinajstić information content (AvgIpc) is 3.21. The van der Waals surface area contributed by atoms with Crippen molar-refractivity contribution in [2.45, 2.75) is 24.4 Å². The minimum atomic E-state index is -4.55. The fraction of sp³-hybridized carbons (Fsp3) is 0.138. The van der Waals surface area contributed by atoms with Gasteiger partial charge in [0.15, 0.2) is 5.43 Å². The lowest BCUT2D eigenvalue weighted by Gasteiger charge is -2.14. The standard InChI is InChI=1S/C29H18F3NO8S/c30-29(31,32)19-7-5-17(6-8-19)27(38)41-20-9-10-21-22(12-20)40-14-18(24(21)34)11-23-25(35)33(28(39)42-23)13-15-1-3-16(4-2-15)26(36)37/h1-10,12,14,23H,11,13H2,(H,36,37). The number of fused-ring (bicyclic) bond motifs is 1. The van der Waals surface area contributed by atoms with Gasteiger partial charge in [-0.3, -0.25) is 19.3 Å². The lowest BCUT2D eigenvalue weighted by molar-refractivity contribution is -0.137. The van der Waals surface area contributed by atoms with E-state index in [0.29, 0.717) is 5.56 Å². The summed E-state index contributed by atoms with van der Waals surface area (Å²) < 4.78 is 49.0. The SMILES string of the molecule is O=C(O)c1ccc(CN2C(=O)SC(Cc3coc4cc(OC(=O)c5ccc(C(F)(F)F)cc5)ccc4c3=O)C2=O)cc1. The van der Waals surface area contributed by atoms with E-state index in [1.807, 2.05) is 0 Å². The summed E-state index contributed by atoms with van der Waals surface area (Å²) in [6.07, 6.45) is -3.49. The van der Waals surface area contributed by atoms with Gasteiger partial charge in [-0.15, -0.1) is 0 Å². The zero-order chi connectivity index (χ0) is 30.2. The maximum Gasteiger partial charge on any atom is 0.416 e. The third-order valence-corrected chi connectivity index (χ3v) is 7.50. The monoisotopic (exact) mass is 597 g/mol. The molecule has 4 aromatic rings. The first-order valence-electron chi connectivity index (χ1n) is 12.2. The molecule has 9 nitrogen and oxygen atoms in total. The summed E-state index contributed by atoms with van der Waals surface area (Å²) in [5, 5.41) is 7.77. The number of ether oxygens (including phenoxy) is 1. The summed E-state index contributed by atoms with van der Waals surface area (Å²) in [7, 11) is 0. The zero-order valence-corrected chi connectivity index (χ0v) is 22.0. The Morgan fingerprint density at radius 1 is 0.952 bits per heavy atom. The van der Waals surface area contributed by atoms with Crippen LogP contribution in [0.2, 0.25) is 0 Å². The molecule has 42 heavy (non-hydrogen) atoms. The molecule has 1 fully saturated rings. The number of benzene rings is 3. The molecule has 0 spiro atoms. The number of amides is 2. The van der Waals surface area contributed by atoms with Crippen LogP contribution >= 0.6 is 11.8 Å². The molecule has 13 heteroatoms. The van der Waals surface area contributed by atoms with Gasteiger partial charge in [-0.2, -0.15) is 13.2 Å². The van der Waals surface area contributed by atoms with Gasteiger partial charge in [0.05, 0.1) is 40.1 Å². The summed E-state index contributed by atoms with van der Waals surface area (Å²) in [5.41, 5.74) is -0.650. The maximum atomic E-state index is 13.1. The number of hydrogen-bond acceptors (Lipinski definition) is 8. The smallest absolute Gasteiger partial charge is 0.416 e. The lowest BCUT2D eigenvalue weighted by atomic mass is 10.1. The fourth-order valence-corrected chi connectivity index (χ4v) is 5.24. The molecule has 2 heterocycles. The maximum absolute atomic E-state index is 13.1. The molecule has 1 atom stereocenters. The van der Waals surface area contributed by atoms with Crippen molar-refractivity contribution in [1.29, 1.82) is 0 Å². The molecule has 1 aliphatic heterocycles. The van der Waals surface area contributed by atoms with Crippen LogP contribution in [0.5, 0.6) is 5.75 Å². The number of alkyl halides is 3. The van der Waals surface area contributed by atoms with Crippen LogP contribution in [0, 0.1) is 0 Å². The highest BCUT2D eigenvalue weighted by Gasteiger charge is 2.40. The van der Waals surface area contributed by atoms with Crippen molar-refractivity contribution in [2.75, 3.05) is 0 Å². The fourth-order valence-electron chi connectivity index (χ4n) is 4.22. The van der Waals surface area contributed by atoms with E-state index >= 15 is 0 Å². The number of carbonyl (C=O) groups is 4. The van der Waals surface area contributed by atoms with Crippen molar-refractivity contribution in [3.8, 4) is 5.75 Å². The molecule has 1 aromatic heterocycles. The Labute approximate surface area is 238 Å². The normalized spacial score (nSPS) is 15.3. The Bertz CT molecular complexity index is 1780. The van der Waals surface area contributed by atoms with Gasteiger partial charge in [0.25, 0.3) is 5.24 Å². The van der Waals surface area contributed by atoms with E-state index < -0.39 is 45.5 Å². The molecule has 0 saturated carbocycles. The first-order chi connectivity index (χ1) is 19.9. The second-order valence-corrected chi connectivity index (χ2v) is 10.4. The van der Waals surface area contributed by atoms with E-state index in [9.17, 15) is 37.1 Å². The molecule has 1 unspecified atom stereocenters. The number of thioether (sulfide) groups is 1. The van der Waals surface area contributed by atoms with E-state index in [2.05, 4.69) is 0 Å². The van der Waals surface area contributed by atoms with Crippen molar-refractivity contribution in [3.05, 3.63) is 111 Å². The van der Waals surface area contributed by atoms with Crippen LogP contribution in [0.3, 0.4) is 0 Å². The largest absolute Gasteiger partial charge is 0.478 e. The highest BCUT2D eigenvalue weighted by molar-refractivity contribution is 8.15. The Morgan fingerprint density at radius 2 is 1.62 bits per heavy atom. The minimum Gasteiger partial charge on any atom is -0.478 e.